The van der Waals surface area contributed by atoms with Gasteiger partial charge in [0.2, 0.25) is 5.91 Å². The van der Waals surface area contributed by atoms with E-state index in [9.17, 15) is 9.90 Å². The number of aliphatic hydroxyl groups excluding tert-OH is 1. The van der Waals surface area contributed by atoms with Crippen molar-refractivity contribution >= 4 is 21.8 Å². The Balaban J connectivity index is 2.29. The van der Waals surface area contributed by atoms with Gasteiger partial charge in [0.15, 0.2) is 0 Å². The number of halogens is 1. The standard InChI is InChI=1S/C11H12BrNO2/c12-8-4-2-1-3-7(8)11-9(14)5-6-10(15)13-11/h1-4,9,11,14H,5-6H2,(H,13,15). The Morgan fingerprint density at radius 3 is 2.87 bits per heavy atom. The van der Waals surface area contributed by atoms with Gasteiger partial charge >= 0.3 is 0 Å². The number of amides is 1. The number of rotatable bonds is 1. The lowest BCUT2D eigenvalue weighted by Crippen LogP contribution is -2.41. The highest BCUT2D eigenvalue weighted by Crippen LogP contribution is 2.29. The maximum atomic E-state index is 11.3. The molecule has 2 atom stereocenters. The van der Waals surface area contributed by atoms with E-state index in [1.54, 1.807) is 0 Å². The van der Waals surface area contributed by atoms with Crippen LogP contribution in [0.25, 0.3) is 0 Å². The van der Waals surface area contributed by atoms with Crippen LogP contribution in [0.1, 0.15) is 24.4 Å². The fourth-order valence-electron chi connectivity index (χ4n) is 1.80. The molecule has 1 amide bonds. The van der Waals surface area contributed by atoms with Crippen LogP contribution >= 0.6 is 15.9 Å². The highest BCUT2D eigenvalue weighted by Gasteiger charge is 2.29. The smallest absolute Gasteiger partial charge is 0.220 e. The van der Waals surface area contributed by atoms with E-state index in [2.05, 4.69) is 21.2 Å². The molecule has 2 unspecified atom stereocenters. The lowest BCUT2D eigenvalue weighted by atomic mass is 9.94. The number of hydrogen-bond acceptors (Lipinski definition) is 2. The maximum Gasteiger partial charge on any atom is 0.220 e. The van der Waals surface area contributed by atoms with Crippen molar-refractivity contribution in [1.82, 2.24) is 5.32 Å². The quantitative estimate of drug-likeness (QED) is 0.817. The van der Waals surface area contributed by atoms with Gasteiger partial charge in [0, 0.05) is 10.9 Å². The normalized spacial score (nSPS) is 26.1. The molecule has 1 saturated heterocycles. The van der Waals surface area contributed by atoms with Crippen molar-refractivity contribution < 1.29 is 9.90 Å². The van der Waals surface area contributed by atoms with E-state index in [-0.39, 0.29) is 11.9 Å². The Hall–Kier alpha value is -0.870. The van der Waals surface area contributed by atoms with E-state index in [0.29, 0.717) is 12.8 Å². The molecule has 15 heavy (non-hydrogen) atoms. The number of carbonyl (C=O) groups excluding carboxylic acids is 1. The fraction of sp³-hybridized carbons (Fsp3) is 0.364. The minimum atomic E-state index is -0.499. The molecule has 0 bridgehead atoms. The third kappa shape index (κ3) is 2.21. The molecule has 0 spiro atoms. The zero-order chi connectivity index (χ0) is 10.8. The molecule has 3 nitrogen and oxygen atoms in total. The minimum Gasteiger partial charge on any atom is -0.391 e. The summed E-state index contributed by atoms with van der Waals surface area (Å²) in [6.07, 6.45) is 0.432. The van der Waals surface area contributed by atoms with Gasteiger partial charge in [-0.15, -0.1) is 0 Å². The van der Waals surface area contributed by atoms with Crippen molar-refractivity contribution in [3.63, 3.8) is 0 Å². The monoisotopic (exact) mass is 269 g/mol. The summed E-state index contributed by atoms with van der Waals surface area (Å²) >= 11 is 3.42. The summed E-state index contributed by atoms with van der Waals surface area (Å²) in [6.45, 7) is 0. The molecule has 0 saturated carbocycles. The van der Waals surface area contributed by atoms with Crippen LogP contribution in [0.15, 0.2) is 28.7 Å². The van der Waals surface area contributed by atoms with E-state index >= 15 is 0 Å². The summed E-state index contributed by atoms with van der Waals surface area (Å²) in [7, 11) is 0. The van der Waals surface area contributed by atoms with E-state index < -0.39 is 6.10 Å². The van der Waals surface area contributed by atoms with Gasteiger partial charge in [-0.2, -0.15) is 0 Å². The summed E-state index contributed by atoms with van der Waals surface area (Å²) < 4.78 is 0.913. The minimum absolute atomic E-state index is 0.000975. The molecule has 1 fully saturated rings. The first kappa shape index (κ1) is 10.6. The predicted molar refractivity (Wildman–Crippen MR) is 60.3 cm³/mol. The number of carbonyl (C=O) groups is 1. The highest BCUT2D eigenvalue weighted by atomic mass is 79.9. The van der Waals surface area contributed by atoms with Gasteiger partial charge in [0.25, 0.3) is 0 Å². The summed E-state index contributed by atoms with van der Waals surface area (Å²) in [5.74, 6) is 0.000975. The molecule has 1 aromatic rings. The molecule has 0 aliphatic carbocycles. The predicted octanol–water partition coefficient (Wildman–Crippen LogP) is 1.76. The second-order valence-corrected chi connectivity index (χ2v) is 4.53. The van der Waals surface area contributed by atoms with Crippen LogP contribution in [0.4, 0.5) is 0 Å². The van der Waals surface area contributed by atoms with Gasteiger partial charge < -0.3 is 10.4 Å². The first-order valence-corrected chi connectivity index (χ1v) is 5.69. The van der Waals surface area contributed by atoms with Crippen molar-refractivity contribution in [2.24, 2.45) is 0 Å². The number of aliphatic hydroxyl groups is 1. The lowest BCUT2D eigenvalue weighted by Gasteiger charge is -2.29. The summed E-state index contributed by atoms with van der Waals surface area (Å²) in [5, 5.41) is 12.6. The van der Waals surface area contributed by atoms with E-state index in [0.717, 1.165) is 10.0 Å². The molecular weight excluding hydrogens is 258 g/mol. The van der Waals surface area contributed by atoms with Crippen LogP contribution in [0.5, 0.6) is 0 Å². The average molecular weight is 270 g/mol. The molecule has 1 aromatic carbocycles. The first-order valence-electron chi connectivity index (χ1n) is 4.90. The lowest BCUT2D eigenvalue weighted by molar-refractivity contribution is -0.126. The number of hydrogen-bond donors (Lipinski definition) is 2. The van der Waals surface area contributed by atoms with Gasteiger partial charge in [-0.05, 0) is 18.1 Å². The van der Waals surface area contributed by atoms with E-state index in [1.807, 2.05) is 24.3 Å². The van der Waals surface area contributed by atoms with Gasteiger partial charge in [-0.3, -0.25) is 4.79 Å². The van der Waals surface area contributed by atoms with Crippen LogP contribution < -0.4 is 5.32 Å². The van der Waals surface area contributed by atoms with Gasteiger partial charge in [0.05, 0.1) is 12.1 Å². The molecule has 2 rings (SSSR count). The second-order valence-electron chi connectivity index (χ2n) is 3.67. The molecule has 80 valence electrons. The summed E-state index contributed by atoms with van der Waals surface area (Å²) in [5.41, 5.74) is 0.929. The molecule has 4 heteroatoms. The molecular formula is C11H12BrNO2. The molecule has 2 N–H and O–H groups in total. The largest absolute Gasteiger partial charge is 0.391 e. The second kappa shape index (κ2) is 4.33. The van der Waals surface area contributed by atoms with E-state index in [1.165, 1.54) is 0 Å². The summed E-state index contributed by atoms with van der Waals surface area (Å²) in [4.78, 5) is 11.3. The van der Waals surface area contributed by atoms with Crippen LogP contribution in [0, 0.1) is 0 Å². The zero-order valence-electron chi connectivity index (χ0n) is 8.11. The third-order valence-corrected chi connectivity index (χ3v) is 3.33. The first-order chi connectivity index (χ1) is 7.18. The van der Waals surface area contributed by atoms with Crippen LogP contribution in [0.3, 0.4) is 0 Å². The molecule has 1 heterocycles. The van der Waals surface area contributed by atoms with Crippen molar-refractivity contribution in [3.8, 4) is 0 Å². The van der Waals surface area contributed by atoms with Gasteiger partial charge in [-0.1, -0.05) is 34.1 Å². The summed E-state index contributed by atoms with van der Waals surface area (Å²) in [6, 6.07) is 7.33. The molecule has 1 aliphatic rings. The maximum absolute atomic E-state index is 11.3. The Labute approximate surface area is 96.6 Å². The van der Waals surface area contributed by atoms with Crippen molar-refractivity contribution in [1.29, 1.82) is 0 Å². The Morgan fingerprint density at radius 2 is 2.13 bits per heavy atom. The molecule has 0 radical (unpaired) electrons. The zero-order valence-corrected chi connectivity index (χ0v) is 9.70. The van der Waals surface area contributed by atoms with Gasteiger partial charge in [0.1, 0.15) is 0 Å². The SMILES string of the molecule is O=C1CCC(O)C(c2ccccc2Br)N1. The number of piperidine rings is 1. The average Bonchev–Trinajstić information content (AvgIpc) is 2.23. The van der Waals surface area contributed by atoms with Crippen molar-refractivity contribution in [3.05, 3.63) is 34.3 Å². The Morgan fingerprint density at radius 1 is 1.40 bits per heavy atom. The van der Waals surface area contributed by atoms with Crippen LogP contribution in [-0.2, 0) is 4.79 Å². The van der Waals surface area contributed by atoms with Gasteiger partial charge in [-0.25, -0.2) is 0 Å². The molecule has 0 aromatic heterocycles. The number of benzene rings is 1. The Kier molecular flexibility index (Phi) is 3.07. The Bertz CT molecular complexity index is 381. The topological polar surface area (TPSA) is 49.3 Å². The van der Waals surface area contributed by atoms with Crippen molar-refractivity contribution in [2.75, 3.05) is 0 Å². The van der Waals surface area contributed by atoms with E-state index in [4.69, 9.17) is 0 Å². The van der Waals surface area contributed by atoms with Crippen molar-refractivity contribution in [2.45, 2.75) is 25.0 Å². The van der Waals surface area contributed by atoms with Crippen LogP contribution in [0.2, 0.25) is 0 Å². The highest BCUT2D eigenvalue weighted by molar-refractivity contribution is 9.10. The van der Waals surface area contributed by atoms with Crippen LogP contribution in [-0.4, -0.2) is 17.1 Å². The fourth-order valence-corrected chi connectivity index (χ4v) is 2.33. The third-order valence-electron chi connectivity index (χ3n) is 2.61. The number of nitrogens with one attached hydrogen (secondary N) is 1. The molecule has 1 aliphatic heterocycles.